The number of hydrogen-bond acceptors (Lipinski definition) is 6. The number of amides is 1. The van der Waals surface area contributed by atoms with E-state index in [1.807, 2.05) is 0 Å². The van der Waals surface area contributed by atoms with E-state index in [0.29, 0.717) is 18.8 Å². The number of nitrogens with zero attached hydrogens (tertiary/aromatic N) is 2. The summed E-state index contributed by atoms with van der Waals surface area (Å²) in [7, 11) is 3.16. The van der Waals surface area contributed by atoms with Crippen LogP contribution in [-0.4, -0.2) is 60.4 Å². The van der Waals surface area contributed by atoms with E-state index in [1.54, 1.807) is 55.5 Å². The molecule has 1 amide bonds. The van der Waals surface area contributed by atoms with Gasteiger partial charge in [-0.25, -0.2) is 0 Å². The Morgan fingerprint density at radius 3 is 2.13 bits per heavy atom. The number of carbonyl (C=O) groups excluding carboxylic acids is 1. The molecule has 0 radical (unpaired) electrons. The molecule has 1 unspecified atom stereocenters. The molecule has 1 aliphatic rings. The average molecular weight is 414 g/mol. The first-order valence-corrected chi connectivity index (χ1v) is 9.80. The van der Waals surface area contributed by atoms with E-state index in [-0.39, 0.29) is 35.0 Å². The van der Waals surface area contributed by atoms with Crippen LogP contribution in [0.2, 0.25) is 0 Å². The number of ether oxygens (including phenoxy) is 2. The van der Waals surface area contributed by atoms with Crippen molar-refractivity contribution in [3.05, 3.63) is 69.8 Å². The molecule has 1 saturated heterocycles. The van der Waals surface area contributed by atoms with E-state index < -0.39 is 10.8 Å². The summed E-state index contributed by atoms with van der Waals surface area (Å²) in [5.41, 5.74) is 0.411. The van der Waals surface area contributed by atoms with Crippen molar-refractivity contribution in [1.82, 2.24) is 4.90 Å². The molecule has 0 aliphatic carbocycles. The zero-order chi connectivity index (χ0) is 21.7. The Labute approximate surface area is 175 Å². The molecule has 0 spiro atoms. The number of phenols is 1. The summed E-state index contributed by atoms with van der Waals surface area (Å²) in [5.74, 6) is -1.42. The van der Waals surface area contributed by atoms with Crippen LogP contribution in [0.4, 0.5) is 5.69 Å². The third-order valence-electron chi connectivity index (χ3n) is 5.53. The average Bonchev–Trinajstić information content (AvgIpc) is 3.12. The maximum atomic E-state index is 13.9. The lowest BCUT2D eigenvalue weighted by molar-refractivity contribution is -0.385. The molecule has 1 heterocycles. The van der Waals surface area contributed by atoms with Gasteiger partial charge in [0.05, 0.1) is 36.1 Å². The summed E-state index contributed by atoms with van der Waals surface area (Å²) in [4.78, 5) is 26.8. The van der Waals surface area contributed by atoms with Crippen LogP contribution in [0.1, 0.15) is 29.9 Å². The minimum atomic E-state index is -1.02. The van der Waals surface area contributed by atoms with Crippen LogP contribution in [0.5, 0.6) is 5.75 Å². The minimum Gasteiger partial charge on any atom is -0.508 e. The second-order valence-electron chi connectivity index (χ2n) is 7.35. The Balaban J connectivity index is 2.14. The molecule has 1 aliphatic heterocycles. The third-order valence-corrected chi connectivity index (χ3v) is 5.53. The number of nitro groups is 1. The Kier molecular flexibility index (Phi) is 7.02. The first kappa shape index (κ1) is 21.7. The number of benzene rings is 2. The quantitative estimate of drug-likeness (QED) is 0.526. The van der Waals surface area contributed by atoms with Crippen molar-refractivity contribution in [3.63, 3.8) is 0 Å². The van der Waals surface area contributed by atoms with Crippen LogP contribution in [-0.2, 0) is 14.3 Å². The van der Waals surface area contributed by atoms with E-state index >= 15 is 0 Å². The van der Waals surface area contributed by atoms with Crippen molar-refractivity contribution in [1.29, 1.82) is 0 Å². The lowest BCUT2D eigenvalue weighted by Crippen LogP contribution is -2.47. The molecule has 0 saturated carbocycles. The van der Waals surface area contributed by atoms with Crippen LogP contribution in [0.25, 0.3) is 0 Å². The molecule has 0 bridgehead atoms. The fourth-order valence-corrected chi connectivity index (χ4v) is 4.25. The molecule has 1 fully saturated rings. The largest absolute Gasteiger partial charge is 0.508 e. The van der Waals surface area contributed by atoms with Gasteiger partial charge in [0.1, 0.15) is 5.75 Å². The van der Waals surface area contributed by atoms with E-state index in [2.05, 4.69) is 0 Å². The molecule has 30 heavy (non-hydrogen) atoms. The summed E-state index contributed by atoms with van der Waals surface area (Å²) in [6.45, 7) is 0.715. The molecular formula is C22H26N2O6. The van der Waals surface area contributed by atoms with Gasteiger partial charge in [0.2, 0.25) is 5.91 Å². The SMILES string of the molecule is COC[C@@H]1CC[C@@H](COC)N1C(=O)C(c1ccccc1O)c1ccccc1[N+](=O)[O-]. The van der Waals surface area contributed by atoms with Crippen molar-refractivity contribution in [2.45, 2.75) is 30.8 Å². The van der Waals surface area contributed by atoms with E-state index in [9.17, 15) is 20.0 Å². The van der Waals surface area contributed by atoms with Crippen molar-refractivity contribution >= 4 is 11.6 Å². The van der Waals surface area contributed by atoms with Crippen molar-refractivity contribution in [2.24, 2.45) is 0 Å². The monoisotopic (exact) mass is 414 g/mol. The van der Waals surface area contributed by atoms with Gasteiger partial charge in [-0.05, 0) is 18.9 Å². The number of likely N-dealkylation sites (tertiary alicyclic amines) is 1. The summed E-state index contributed by atoms with van der Waals surface area (Å²) in [5, 5.41) is 22.2. The van der Waals surface area contributed by atoms with E-state index in [4.69, 9.17) is 9.47 Å². The standard InChI is InChI=1S/C22H26N2O6/c1-29-13-15-11-12-16(14-30-2)23(15)22(26)21(18-8-4-6-10-20(18)25)17-7-3-5-9-19(17)24(27)28/h3-10,15-16,21,25H,11-14H2,1-2H3/t15-,16-,21?/m0/s1. The van der Waals surface area contributed by atoms with Crippen LogP contribution >= 0.6 is 0 Å². The number of aromatic hydroxyl groups is 1. The summed E-state index contributed by atoms with van der Waals surface area (Å²) in [6.07, 6.45) is 1.50. The molecule has 160 valence electrons. The third kappa shape index (κ3) is 4.29. The smallest absolute Gasteiger partial charge is 0.273 e. The topological polar surface area (TPSA) is 102 Å². The Morgan fingerprint density at radius 1 is 1.07 bits per heavy atom. The molecule has 3 atom stereocenters. The van der Waals surface area contributed by atoms with Crippen LogP contribution in [0.3, 0.4) is 0 Å². The van der Waals surface area contributed by atoms with Crippen LogP contribution < -0.4 is 0 Å². The molecule has 8 heteroatoms. The molecule has 2 aromatic rings. The highest BCUT2D eigenvalue weighted by Crippen LogP contribution is 2.39. The lowest BCUT2D eigenvalue weighted by Gasteiger charge is -2.33. The van der Waals surface area contributed by atoms with Crippen LogP contribution in [0.15, 0.2) is 48.5 Å². The van der Waals surface area contributed by atoms with Gasteiger partial charge < -0.3 is 19.5 Å². The van der Waals surface area contributed by atoms with Gasteiger partial charge in [-0.15, -0.1) is 0 Å². The highest BCUT2D eigenvalue weighted by Gasteiger charge is 2.42. The highest BCUT2D eigenvalue weighted by molar-refractivity contribution is 5.90. The normalized spacial score (nSPS) is 19.6. The summed E-state index contributed by atoms with van der Waals surface area (Å²) >= 11 is 0. The number of phenolic OH excluding ortho intramolecular Hbond substituents is 1. The molecule has 0 aromatic heterocycles. The molecule has 8 nitrogen and oxygen atoms in total. The number of hydrogen-bond donors (Lipinski definition) is 1. The molecular weight excluding hydrogens is 388 g/mol. The molecule has 3 rings (SSSR count). The number of methoxy groups -OCH3 is 2. The predicted octanol–water partition coefficient (Wildman–Crippen LogP) is 3.08. The fourth-order valence-electron chi connectivity index (χ4n) is 4.25. The van der Waals surface area contributed by atoms with Gasteiger partial charge in [-0.3, -0.25) is 14.9 Å². The molecule has 1 N–H and O–H groups in total. The van der Waals surface area contributed by atoms with Gasteiger partial charge >= 0.3 is 0 Å². The summed E-state index contributed by atoms with van der Waals surface area (Å²) < 4.78 is 10.6. The van der Waals surface area contributed by atoms with Crippen molar-refractivity contribution < 1.29 is 24.3 Å². The Bertz CT molecular complexity index is 889. The van der Waals surface area contributed by atoms with E-state index in [1.165, 1.54) is 12.1 Å². The molecule has 2 aromatic carbocycles. The van der Waals surface area contributed by atoms with Gasteiger partial charge in [0, 0.05) is 31.4 Å². The Hall–Kier alpha value is -2.97. The minimum absolute atomic E-state index is 0.0835. The first-order chi connectivity index (χ1) is 14.5. The zero-order valence-electron chi connectivity index (χ0n) is 17.1. The number of nitro benzene ring substituents is 1. The number of rotatable bonds is 8. The first-order valence-electron chi connectivity index (χ1n) is 9.80. The van der Waals surface area contributed by atoms with Crippen molar-refractivity contribution in [3.8, 4) is 5.75 Å². The van der Waals surface area contributed by atoms with Gasteiger partial charge in [0.15, 0.2) is 0 Å². The second-order valence-corrected chi connectivity index (χ2v) is 7.35. The predicted molar refractivity (Wildman–Crippen MR) is 110 cm³/mol. The number of carbonyl (C=O) groups is 1. The van der Waals surface area contributed by atoms with Gasteiger partial charge in [0.25, 0.3) is 5.69 Å². The summed E-state index contributed by atoms with van der Waals surface area (Å²) in [6, 6.07) is 12.3. The maximum absolute atomic E-state index is 13.9. The van der Waals surface area contributed by atoms with Gasteiger partial charge in [-0.2, -0.15) is 0 Å². The maximum Gasteiger partial charge on any atom is 0.273 e. The number of para-hydroxylation sites is 2. The van der Waals surface area contributed by atoms with Crippen molar-refractivity contribution in [2.75, 3.05) is 27.4 Å². The van der Waals surface area contributed by atoms with E-state index in [0.717, 1.165) is 12.8 Å². The van der Waals surface area contributed by atoms with Crippen LogP contribution in [0, 0.1) is 10.1 Å². The highest BCUT2D eigenvalue weighted by atomic mass is 16.6. The lowest BCUT2D eigenvalue weighted by atomic mass is 9.87. The zero-order valence-corrected chi connectivity index (χ0v) is 17.1. The second kappa shape index (κ2) is 9.69. The van der Waals surface area contributed by atoms with Gasteiger partial charge in [-0.1, -0.05) is 36.4 Å². The Morgan fingerprint density at radius 2 is 1.60 bits per heavy atom. The fraction of sp³-hybridized carbons (Fsp3) is 0.409.